The van der Waals surface area contributed by atoms with Crippen LogP contribution in [0.3, 0.4) is 0 Å². The smallest absolute Gasteiger partial charge is 0.255 e. The molecule has 176 valence electrons. The number of hydrogen-bond donors (Lipinski definition) is 0. The topological polar surface area (TPSA) is 46.1 Å². The summed E-state index contributed by atoms with van der Waals surface area (Å²) in [5.41, 5.74) is 5.87. The van der Waals surface area contributed by atoms with Crippen LogP contribution in [0, 0.1) is 5.92 Å². The van der Waals surface area contributed by atoms with Gasteiger partial charge in [-0.3, -0.25) is 4.79 Å². The van der Waals surface area contributed by atoms with Crippen LogP contribution in [0.25, 0.3) is 22.3 Å². The van der Waals surface area contributed by atoms with E-state index < -0.39 is 0 Å². The molecular weight excluding hydrogens is 430 g/mol. The highest BCUT2D eigenvalue weighted by molar-refractivity contribution is 6.06. The van der Waals surface area contributed by atoms with Gasteiger partial charge in [0.2, 0.25) is 0 Å². The molecule has 6 rings (SSSR count). The van der Waals surface area contributed by atoms with Gasteiger partial charge in [-0.25, -0.2) is 9.97 Å². The van der Waals surface area contributed by atoms with E-state index >= 15 is 0 Å². The molecule has 0 N–H and O–H groups in total. The van der Waals surface area contributed by atoms with E-state index in [4.69, 9.17) is 4.98 Å². The van der Waals surface area contributed by atoms with E-state index in [0.29, 0.717) is 17.1 Å². The summed E-state index contributed by atoms with van der Waals surface area (Å²) in [6, 6.07) is 24.8. The van der Waals surface area contributed by atoms with Crippen molar-refractivity contribution < 1.29 is 4.79 Å². The molecule has 1 atom stereocenters. The van der Waals surface area contributed by atoms with Crippen LogP contribution in [0.5, 0.6) is 0 Å². The summed E-state index contributed by atoms with van der Waals surface area (Å²) in [5.74, 6) is 0.606. The normalized spacial score (nSPS) is 18.7. The lowest BCUT2D eigenvalue weighted by atomic mass is 9.80. The standard InChI is InChI=1S/C31H31N3O/c35-31(27-21-28(23-12-6-3-7-13-23)33-30-26(27)17-10-19-32-30)34-20-18-22-11-8-9-16-25(22)29(34)24-14-4-1-2-5-15-24/h3,6-13,16-17,19,21,24,29H,1-2,4-5,14-15,18,20H2. The van der Waals surface area contributed by atoms with Gasteiger partial charge in [-0.05, 0) is 54.5 Å². The predicted octanol–water partition coefficient (Wildman–Crippen LogP) is 7.01. The lowest BCUT2D eigenvalue weighted by molar-refractivity contribution is 0.0566. The van der Waals surface area contributed by atoms with Gasteiger partial charge in [0.05, 0.1) is 17.3 Å². The molecule has 1 amide bonds. The highest BCUT2D eigenvalue weighted by Crippen LogP contribution is 2.42. The molecule has 0 spiro atoms. The average Bonchev–Trinajstić information content (AvgIpc) is 3.21. The summed E-state index contributed by atoms with van der Waals surface area (Å²) in [5, 5.41) is 0.829. The Hall–Kier alpha value is -3.53. The molecule has 1 aliphatic heterocycles. The maximum Gasteiger partial charge on any atom is 0.255 e. The van der Waals surface area contributed by atoms with Crippen LogP contribution < -0.4 is 0 Å². The zero-order chi connectivity index (χ0) is 23.6. The van der Waals surface area contributed by atoms with Crippen molar-refractivity contribution in [3.63, 3.8) is 0 Å². The van der Waals surface area contributed by atoms with E-state index in [9.17, 15) is 4.79 Å². The second-order valence-corrected chi connectivity index (χ2v) is 9.94. The Morgan fingerprint density at radius 2 is 1.63 bits per heavy atom. The second kappa shape index (κ2) is 9.61. The molecule has 2 aromatic heterocycles. The van der Waals surface area contributed by atoms with Crippen molar-refractivity contribution in [2.24, 2.45) is 5.92 Å². The minimum Gasteiger partial charge on any atom is -0.331 e. The third kappa shape index (κ3) is 4.22. The molecule has 0 saturated heterocycles. The number of nitrogens with zero attached hydrogens (tertiary/aromatic N) is 3. The van der Waals surface area contributed by atoms with Crippen molar-refractivity contribution in [3.05, 3.63) is 95.7 Å². The van der Waals surface area contributed by atoms with E-state index in [1.54, 1.807) is 6.20 Å². The first-order valence-corrected chi connectivity index (χ1v) is 13.0. The number of amides is 1. The van der Waals surface area contributed by atoms with Gasteiger partial charge < -0.3 is 4.90 Å². The van der Waals surface area contributed by atoms with Crippen molar-refractivity contribution in [1.29, 1.82) is 0 Å². The molecule has 4 aromatic rings. The lowest BCUT2D eigenvalue weighted by Crippen LogP contribution is -2.43. The number of rotatable bonds is 3. The summed E-state index contributed by atoms with van der Waals surface area (Å²) >= 11 is 0. The van der Waals surface area contributed by atoms with Crippen LogP contribution >= 0.6 is 0 Å². The summed E-state index contributed by atoms with van der Waals surface area (Å²) in [7, 11) is 0. The highest BCUT2D eigenvalue weighted by Gasteiger charge is 2.37. The SMILES string of the molecule is O=C(c1cc(-c2ccccc2)nc2ncccc12)N1CCc2ccccc2C1C1CCCCCC1. The van der Waals surface area contributed by atoms with Crippen LogP contribution in [0.4, 0.5) is 0 Å². The van der Waals surface area contributed by atoms with Crippen LogP contribution in [0.15, 0.2) is 79.0 Å². The zero-order valence-corrected chi connectivity index (χ0v) is 20.1. The molecule has 0 bridgehead atoms. The maximum absolute atomic E-state index is 14.4. The number of carbonyl (C=O) groups excluding carboxylic acids is 1. The number of benzene rings is 2. The molecule has 3 heterocycles. The van der Waals surface area contributed by atoms with Crippen molar-refractivity contribution in [1.82, 2.24) is 14.9 Å². The summed E-state index contributed by atoms with van der Waals surface area (Å²) in [6.07, 6.45) is 10.2. The zero-order valence-electron chi connectivity index (χ0n) is 20.1. The Balaban J connectivity index is 1.46. The van der Waals surface area contributed by atoms with Gasteiger partial charge in [-0.2, -0.15) is 0 Å². The molecule has 4 nitrogen and oxygen atoms in total. The Labute approximate surface area is 207 Å². The summed E-state index contributed by atoms with van der Waals surface area (Å²) < 4.78 is 0. The van der Waals surface area contributed by atoms with Crippen molar-refractivity contribution >= 4 is 16.9 Å². The van der Waals surface area contributed by atoms with Crippen molar-refractivity contribution in [3.8, 4) is 11.3 Å². The van der Waals surface area contributed by atoms with E-state index in [0.717, 1.165) is 29.6 Å². The van der Waals surface area contributed by atoms with Gasteiger partial charge in [0.25, 0.3) is 5.91 Å². The Kier molecular flexibility index (Phi) is 6.03. The number of hydrogen-bond acceptors (Lipinski definition) is 3. The Bertz CT molecular complexity index is 1340. The molecule has 1 unspecified atom stereocenters. The first-order valence-electron chi connectivity index (χ1n) is 13.0. The van der Waals surface area contributed by atoms with Crippen LogP contribution in [0.1, 0.15) is 66.1 Å². The second-order valence-electron chi connectivity index (χ2n) is 9.94. The van der Waals surface area contributed by atoms with Gasteiger partial charge >= 0.3 is 0 Å². The number of aromatic nitrogens is 2. The van der Waals surface area contributed by atoms with E-state index in [2.05, 4.69) is 34.1 Å². The maximum atomic E-state index is 14.4. The first-order chi connectivity index (χ1) is 17.3. The molecule has 2 aliphatic rings. The van der Waals surface area contributed by atoms with Crippen LogP contribution in [-0.2, 0) is 6.42 Å². The fourth-order valence-electron chi connectivity index (χ4n) is 6.11. The molecule has 1 aliphatic carbocycles. The van der Waals surface area contributed by atoms with Crippen LogP contribution in [-0.4, -0.2) is 27.3 Å². The van der Waals surface area contributed by atoms with E-state index in [-0.39, 0.29) is 11.9 Å². The van der Waals surface area contributed by atoms with E-state index in [1.807, 2.05) is 48.5 Å². The highest BCUT2D eigenvalue weighted by atomic mass is 16.2. The Morgan fingerprint density at radius 1 is 0.857 bits per heavy atom. The van der Waals surface area contributed by atoms with Crippen molar-refractivity contribution in [2.75, 3.05) is 6.54 Å². The third-order valence-corrected chi connectivity index (χ3v) is 7.82. The summed E-state index contributed by atoms with van der Waals surface area (Å²) in [6.45, 7) is 0.752. The number of pyridine rings is 2. The first kappa shape index (κ1) is 22.0. The molecular formula is C31H31N3O. The van der Waals surface area contributed by atoms with Gasteiger partial charge in [-0.1, -0.05) is 80.3 Å². The molecule has 1 saturated carbocycles. The molecule has 35 heavy (non-hydrogen) atoms. The largest absolute Gasteiger partial charge is 0.331 e. The predicted molar refractivity (Wildman–Crippen MR) is 140 cm³/mol. The fourth-order valence-corrected chi connectivity index (χ4v) is 6.11. The number of fused-ring (bicyclic) bond motifs is 2. The molecule has 2 aromatic carbocycles. The van der Waals surface area contributed by atoms with Crippen molar-refractivity contribution in [2.45, 2.75) is 51.0 Å². The monoisotopic (exact) mass is 461 g/mol. The third-order valence-electron chi connectivity index (χ3n) is 7.82. The number of carbonyl (C=O) groups is 1. The fraction of sp³-hybridized carbons (Fsp3) is 0.323. The Morgan fingerprint density at radius 3 is 2.46 bits per heavy atom. The van der Waals surface area contributed by atoms with Gasteiger partial charge in [0, 0.05) is 23.7 Å². The molecule has 0 radical (unpaired) electrons. The summed E-state index contributed by atoms with van der Waals surface area (Å²) in [4.78, 5) is 25.9. The lowest BCUT2D eigenvalue weighted by Gasteiger charge is -2.42. The molecule has 1 fully saturated rings. The minimum atomic E-state index is 0.103. The van der Waals surface area contributed by atoms with Gasteiger partial charge in [-0.15, -0.1) is 0 Å². The van der Waals surface area contributed by atoms with Crippen LogP contribution in [0.2, 0.25) is 0 Å². The van der Waals surface area contributed by atoms with E-state index in [1.165, 1.54) is 49.7 Å². The molecule has 4 heteroatoms. The van der Waals surface area contributed by atoms with Gasteiger partial charge in [0.1, 0.15) is 0 Å². The quantitative estimate of drug-likeness (QED) is 0.308. The average molecular weight is 462 g/mol. The minimum absolute atomic E-state index is 0.103. The van der Waals surface area contributed by atoms with Gasteiger partial charge in [0.15, 0.2) is 5.65 Å².